The molecule has 4 nitrogen and oxygen atoms in total. The Morgan fingerprint density at radius 1 is 1.00 bits per heavy atom. The van der Waals surface area contributed by atoms with E-state index in [1.165, 1.54) is 30.3 Å². The molecule has 0 aliphatic heterocycles. The van der Waals surface area contributed by atoms with E-state index in [-0.39, 0.29) is 16.5 Å². The highest BCUT2D eigenvalue weighted by Gasteiger charge is 2.34. The maximum Gasteiger partial charge on any atom is 0.418 e. The van der Waals surface area contributed by atoms with Gasteiger partial charge in [0.05, 0.1) is 11.3 Å². The number of nitrogens with one attached hydrogen (secondary N) is 2. The molecule has 2 rings (SSSR count). The maximum atomic E-state index is 13.1. The number of anilines is 1. The van der Waals surface area contributed by atoms with E-state index in [1.54, 1.807) is 0 Å². The first-order valence-electron chi connectivity index (χ1n) is 7.78. The summed E-state index contributed by atoms with van der Waals surface area (Å²) in [4.78, 5) is 24.0. The van der Waals surface area contributed by atoms with Gasteiger partial charge < -0.3 is 10.6 Å². The molecule has 0 unspecified atom stereocenters. The van der Waals surface area contributed by atoms with Crippen molar-refractivity contribution in [3.8, 4) is 0 Å². The topological polar surface area (TPSA) is 58.2 Å². The van der Waals surface area contributed by atoms with Crippen molar-refractivity contribution < 1.29 is 22.8 Å². The SMILES string of the molecule is CCCNC(=O)c1ccc(C(=O)Nc2ccc(Cl)cc2C(F)(F)F)cc1. The first-order valence-corrected chi connectivity index (χ1v) is 8.16. The number of alkyl halides is 3. The highest BCUT2D eigenvalue weighted by Crippen LogP contribution is 2.36. The number of amides is 2. The minimum absolute atomic E-state index is 0.0854. The minimum Gasteiger partial charge on any atom is -0.352 e. The Morgan fingerprint density at radius 3 is 2.12 bits per heavy atom. The van der Waals surface area contributed by atoms with Crippen LogP contribution in [0, 0.1) is 0 Å². The largest absolute Gasteiger partial charge is 0.418 e. The normalized spacial score (nSPS) is 11.1. The Morgan fingerprint density at radius 2 is 1.58 bits per heavy atom. The average Bonchev–Trinajstić information content (AvgIpc) is 2.60. The second-order valence-electron chi connectivity index (χ2n) is 5.48. The molecule has 8 heteroatoms. The van der Waals surface area contributed by atoms with Gasteiger partial charge in [0.1, 0.15) is 0 Å². The molecule has 0 aromatic heterocycles. The molecule has 2 aromatic rings. The lowest BCUT2D eigenvalue weighted by Gasteiger charge is -2.14. The lowest BCUT2D eigenvalue weighted by Crippen LogP contribution is -2.24. The summed E-state index contributed by atoms with van der Waals surface area (Å²) in [5, 5.41) is 4.83. The molecular formula is C18H16ClF3N2O2. The Labute approximate surface area is 153 Å². The number of rotatable bonds is 5. The van der Waals surface area contributed by atoms with Crippen molar-refractivity contribution >= 4 is 29.1 Å². The molecule has 0 atom stereocenters. The molecule has 2 aromatic carbocycles. The molecular weight excluding hydrogens is 369 g/mol. The molecule has 0 saturated carbocycles. The summed E-state index contributed by atoms with van der Waals surface area (Å²) >= 11 is 5.61. The number of hydrogen-bond acceptors (Lipinski definition) is 2. The molecule has 0 fully saturated rings. The van der Waals surface area contributed by atoms with Gasteiger partial charge in [-0.25, -0.2) is 0 Å². The number of carbonyl (C=O) groups is 2. The van der Waals surface area contributed by atoms with Crippen LogP contribution in [0.2, 0.25) is 5.02 Å². The smallest absolute Gasteiger partial charge is 0.352 e. The second kappa shape index (κ2) is 8.23. The molecule has 0 bridgehead atoms. The van der Waals surface area contributed by atoms with Crippen LogP contribution in [0.4, 0.5) is 18.9 Å². The number of hydrogen-bond donors (Lipinski definition) is 2. The zero-order chi connectivity index (χ0) is 19.3. The molecule has 0 radical (unpaired) electrons. The van der Waals surface area contributed by atoms with Crippen molar-refractivity contribution in [2.24, 2.45) is 0 Å². The van der Waals surface area contributed by atoms with Crippen LogP contribution >= 0.6 is 11.6 Å². The molecule has 0 aliphatic rings. The van der Waals surface area contributed by atoms with E-state index >= 15 is 0 Å². The van der Waals surface area contributed by atoms with Gasteiger partial charge in [-0.1, -0.05) is 18.5 Å². The quantitative estimate of drug-likeness (QED) is 0.781. The predicted molar refractivity (Wildman–Crippen MR) is 93.5 cm³/mol. The number of benzene rings is 2. The first-order chi connectivity index (χ1) is 12.2. The maximum absolute atomic E-state index is 13.1. The number of halogens is 4. The Balaban J connectivity index is 2.17. The van der Waals surface area contributed by atoms with E-state index in [9.17, 15) is 22.8 Å². The Hall–Kier alpha value is -2.54. The van der Waals surface area contributed by atoms with Gasteiger partial charge in [-0.15, -0.1) is 0 Å². The first kappa shape index (κ1) is 19.8. The zero-order valence-corrected chi connectivity index (χ0v) is 14.5. The summed E-state index contributed by atoms with van der Waals surface area (Å²) < 4.78 is 39.2. The number of carbonyl (C=O) groups excluding carboxylic acids is 2. The lowest BCUT2D eigenvalue weighted by atomic mass is 10.1. The van der Waals surface area contributed by atoms with Crippen LogP contribution in [0.15, 0.2) is 42.5 Å². The van der Waals surface area contributed by atoms with Crippen molar-refractivity contribution in [2.75, 3.05) is 11.9 Å². The van der Waals surface area contributed by atoms with E-state index < -0.39 is 23.3 Å². The minimum atomic E-state index is -4.66. The summed E-state index contributed by atoms with van der Waals surface area (Å²) in [6.45, 7) is 2.44. The van der Waals surface area contributed by atoms with Gasteiger partial charge in [0.15, 0.2) is 0 Å². The molecule has 0 aliphatic carbocycles. The summed E-state index contributed by atoms with van der Waals surface area (Å²) in [5.41, 5.74) is -0.942. The van der Waals surface area contributed by atoms with Crippen molar-refractivity contribution in [3.05, 3.63) is 64.2 Å². The fourth-order valence-electron chi connectivity index (χ4n) is 2.17. The highest BCUT2D eigenvalue weighted by molar-refractivity contribution is 6.30. The zero-order valence-electron chi connectivity index (χ0n) is 13.8. The average molecular weight is 385 g/mol. The summed E-state index contributed by atoms with van der Waals surface area (Å²) in [6.07, 6.45) is -3.87. The van der Waals surface area contributed by atoms with Gasteiger partial charge in [0, 0.05) is 22.7 Å². The van der Waals surface area contributed by atoms with E-state index in [4.69, 9.17) is 11.6 Å². The van der Waals surface area contributed by atoms with Crippen LogP contribution in [-0.2, 0) is 6.18 Å². The van der Waals surface area contributed by atoms with Gasteiger partial charge in [-0.3, -0.25) is 9.59 Å². The van der Waals surface area contributed by atoms with Crippen molar-refractivity contribution in [1.29, 1.82) is 0 Å². The van der Waals surface area contributed by atoms with Gasteiger partial charge in [0.25, 0.3) is 11.8 Å². The van der Waals surface area contributed by atoms with Crippen LogP contribution in [0.25, 0.3) is 0 Å². The Bertz CT molecular complexity index is 805. The van der Waals surface area contributed by atoms with Crippen LogP contribution in [-0.4, -0.2) is 18.4 Å². The van der Waals surface area contributed by atoms with E-state index in [0.29, 0.717) is 12.1 Å². The monoisotopic (exact) mass is 384 g/mol. The summed E-state index contributed by atoms with van der Waals surface area (Å²) in [5.74, 6) is -1.01. The van der Waals surface area contributed by atoms with Crippen molar-refractivity contribution in [2.45, 2.75) is 19.5 Å². The fourth-order valence-corrected chi connectivity index (χ4v) is 2.34. The Kier molecular flexibility index (Phi) is 6.26. The third-order valence-electron chi connectivity index (χ3n) is 3.48. The molecule has 138 valence electrons. The van der Waals surface area contributed by atoms with Crippen molar-refractivity contribution in [1.82, 2.24) is 5.32 Å². The molecule has 0 saturated heterocycles. The highest BCUT2D eigenvalue weighted by atomic mass is 35.5. The van der Waals surface area contributed by atoms with Crippen LogP contribution < -0.4 is 10.6 Å². The van der Waals surface area contributed by atoms with E-state index in [1.807, 2.05) is 6.92 Å². The van der Waals surface area contributed by atoms with Gasteiger partial charge in [-0.2, -0.15) is 13.2 Å². The molecule has 2 amide bonds. The molecule has 0 heterocycles. The molecule has 2 N–H and O–H groups in total. The molecule has 0 spiro atoms. The van der Waals surface area contributed by atoms with E-state index in [0.717, 1.165) is 18.6 Å². The summed E-state index contributed by atoms with van der Waals surface area (Å²) in [7, 11) is 0. The third-order valence-corrected chi connectivity index (χ3v) is 3.72. The molecule has 26 heavy (non-hydrogen) atoms. The van der Waals surface area contributed by atoms with Crippen LogP contribution in [0.1, 0.15) is 39.6 Å². The second-order valence-corrected chi connectivity index (χ2v) is 5.91. The standard InChI is InChI=1S/C18H16ClF3N2O2/c1-2-9-23-16(25)11-3-5-12(6-4-11)17(26)24-15-8-7-13(19)10-14(15)18(20,21)22/h3-8,10H,2,9H2,1H3,(H,23,25)(H,24,26). The lowest BCUT2D eigenvalue weighted by molar-refractivity contribution is -0.136. The van der Waals surface area contributed by atoms with Crippen LogP contribution in [0.3, 0.4) is 0 Å². The summed E-state index contributed by atoms with van der Waals surface area (Å²) in [6, 6.07) is 8.72. The van der Waals surface area contributed by atoms with Crippen LogP contribution in [0.5, 0.6) is 0 Å². The van der Waals surface area contributed by atoms with Gasteiger partial charge in [-0.05, 0) is 48.9 Å². The third kappa shape index (κ3) is 4.98. The predicted octanol–water partition coefficient (Wildman–Crippen LogP) is 4.75. The van der Waals surface area contributed by atoms with Crippen molar-refractivity contribution in [3.63, 3.8) is 0 Å². The van der Waals surface area contributed by atoms with Gasteiger partial charge in [0.2, 0.25) is 0 Å². The van der Waals surface area contributed by atoms with Gasteiger partial charge >= 0.3 is 6.18 Å². The van der Waals surface area contributed by atoms with E-state index in [2.05, 4.69) is 10.6 Å². The fraction of sp³-hybridized carbons (Fsp3) is 0.222.